The van der Waals surface area contributed by atoms with Crippen molar-refractivity contribution in [2.45, 2.75) is 18.8 Å². The highest BCUT2D eigenvalue weighted by Gasteiger charge is 2.46. The molecule has 3 rings (SSSR count). The van der Waals surface area contributed by atoms with Crippen molar-refractivity contribution in [1.29, 1.82) is 0 Å². The summed E-state index contributed by atoms with van der Waals surface area (Å²) in [5.74, 6) is 0.996. The topological polar surface area (TPSA) is 43.9 Å². The largest absolute Gasteiger partial charge is 0.339 e. The summed E-state index contributed by atoms with van der Waals surface area (Å²) in [5, 5.41) is 0. The Labute approximate surface area is 144 Å². The molecule has 5 heteroatoms. The van der Waals surface area contributed by atoms with E-state index >= 15 is 0 Å². The molecule has 1 aliphatic carbocycles. The number of amides is 2. The van der Waals surface area contributed by atoms with Gasteiger partial charge in [-0.1, -0.05) is 30.3 Å². The van der Waals surface area contributed by atoms with Gasteiger partial charge in [-0.3, -0.25) is 9.59 Å². The van der Waals surface area contributed by atoms with Crippen LogP contribution in [-0.2, 0) is 9.59 Å². The van der Waals surface area contributed by atoms with Crippen LogP contribution < -0.4 is 0 Å². The molecular formula is C19H27N3O2. The third-order valence-electron chi connectivity index (χ3n) is 5.05. The molecule has 0 radical (unpaired) electrons. The van der Waals surface area contributed by atoms with Crippen LogP contribution in [0.1, 0.15) is 24.3 Å². The van der Waals surface area contributed by atoms with E-state index in [1.54, 1.807) is 0 Å². The van der Waals surface area contributed by atoms with Crippen LogP contribution in [0, 0.1) is 5.92 Å². The highest BCUT2D eigenvalue weighted by Crippen LogP contribution is 2.48. The minimum Gasteiger partial charge on any atom is -0.339 e. The van der Waals surface area contributed by atoms with Crippen LogP contribution in [0.4, 0.5) is 0 Å². The summed E-state index contributed by atoms with van der Waals surface area (Å²) >= 11 is 0. The van der Waals surface area contributed by atoms with E-state index in [1.165, 1.54) is 5.56 Å². The predicted molar refractivity (Wildman–Crippen MR) is 93.6 cm³/mol. The van der Waals surface area contributed by atoms with E-state index in [0.29, 0.717) is 38.5 Å². The molecule has 2 fully saturated rings. The first-order valence-corrected chi connectivity index (χ1v) is 8.82. The van der Waals surface area contributed by atoms with Crippen molar-refractivity contribution >= 4 is 11.8 Å². The Hall–Kier alpha value is -1.88. The average Bonchev–Trinajstić information content (AvgIpc) is 3.40. The third kappa shape index (κ3) is 3.96. The van der Waals surface area contributed by atoms with Gasteiger partial charge in [-0.15, -0.1) is 0 Å². The molecule has 0 N–H and O–H groups in total. The Morgan fingerprint density at radius 2 is 1.67 bits per heavy atom. The quantitative estimate of drug-likeness (QED) is 0.820. The number of rotatable bonds is 5. The smallest absolute Gasteiger partial charge is 0.226 e. The molecule has 1 saturated carbocycles. The van der Waals surface area contributed by atoms with Gasteiger partial charge < -0.3 is 14.7 Å². The zero-order valence-corrected chi connectivity index (χ0v) is 14.6. The van der Waals surface area contributed by atoms with Gasteiger partial charge in [0.15, 0.2) is 0 Å². The summed E-state index contributed by atoms with van der Waals surface area (Å²) < 4.78 is 0. The Morgan fingerprint density at radius 3 is 2.29 bits per heavy atom. The fourth-order valence-corrected chi connectivity index (χ4v) is 3.42. The maximum atomic E-state index is 12.7. The van der Waals surface area contributed by atoms with E-state index in [2.05, 4.69) is 12.1 Å². The van der Waals surface area contributed by atoms with E-state index < -0.39 is 0 Å². The van der Waals surface area contributed by atoms with Gasteiger partial charge in [0.05, 0.1) is 0 Å². The van der Waals surface area contributed by atoms with Crippen LogP contribution in [0.5, 0.6) is 0 Å². The van der Waals surface area contributed by atoms with E-state index in [0.717, 1.165) is 13.0 Å². The number of benzene rings is 1. The van der Waals surface area contributed by atoms with Gasteiger partial charge in [-0.25, -0.2) is 0 Å². The van der Waals surface area contributed by atoms with Crippen molar-refractivity contribution in [3.8, 4) is 0 Å². The van der Waals surface area contributed by atoms with Crippen LogP contribution >= 0.6 is 0 Å². The van der Waals surface area contributed by atoms with Gasteiger partial charge in [0.25, 0.3) is 0 Å². The minimum absolute atomic E-state index is 0.142. The van der Waals surface area contributed by atoms with Crippen molar-refractivity contribution in [2.24, 2.45) is 5.92 Å². The Bertz CT molecular complexity index is 580. The molecule has 0 aromatic heterocycles. The molecule has 2 aliphatic rings. The second kappa shape index (κ2) is 7.34. The van der Waals surface area contributed by atoms with Crippen LogP contribution in [0.25, 0.3) is 0 Å². The van der Waals surface area contributed by atoms with Crippen molar-refractivity contribution < 1.29 is 9.59 Å². The van der Waals surface area contributed by atoms with Gasteiger partial charge in [-0.2, -0.15) is 0 Å². The Morgan fingerprint density at radius 1 is 1.04 bits per heavy atom. The summed E-state index contributed by atoms with van der Waals surface area (Å²) in [6.45, 7) is 3.45. The third-order valence-corrected chi connectivity index (χ3v) is 5.05. The maximum Gasteiger partial charge on any atom is 0.226 e. The standard InChI is InChI=1S/C19H27N3O2/c1-20(2)9-8-18(23)21-10-12-22(13-11-21)19(24)17-14-16(17)15-6-4-3-5-7-15/h3-7,16-17H,8-14H2,1-2H3. The molecule has 0 bridgehead atoms. The summed E-state index contributed by atoms with van der Waals surface area (Å²) in [5.41, 5.74) is 1.27. The SMILES string of the molecule is CN(C)CCC(=O)N1CCN(C(=O)C2CC2c2ccccc2)CC1. The minimum atomic E-state index is 0.142. The van der Waals surface area contributed by atoms with Gasteiger partial charge >= 0.3 is 0 Å². The van der Waals surface area contributed by atoms with E-state index in [-0.39, 0.29) is 17.7 Å². The van der Waals surface area contributed by atoms with Crippen molar-refractivity contribution in [2.75, 3.05) is 46.8 Å². The van der Waals surface area contributed by atoms with Gasteiger partial charge in [0.1, 0.15) is 0 Å². The lowest BCUT2D eigenvalue weighted by Gasteiger charge is -2.35. The number of carbonyl (C=O) groups excluding carboxylic acids is 2. The fraction of sp³-hybridized carbons (Fsp3) is 0.579. The van der Waals surface area contributed by atoms with E-state index in [1.807, 2.05) is 47.0 Å². The summed E-state index contributed by atoms with van der Waals surface area (Å²) in [7, 11) is 3.95. The van der Waals surface area contributed by atoms with Crippen LogP contribution in [0.3, 0.4) is 0 Å². The molecule has 1 aliphatic heterocycles. The van der Waals surface area contributed by atoms with Gasteiger partial charge in [0.2, 0.25) is 11.8 Å². The number of piperazine rings is 1. The highest BCUT2D eigenvalue weighted by molar-refractivity contribution is 5.83. The number of hydrogen-bond donors (Lipinski definition) is 0. The van der Waals surface area contributed by atoms with Crippen molar-refractivity contribution in [1.82, 2.24) is 14.7 Å². The zero-order chi connectivity index (χ0) is 17.1. The Balaban J connectivity index is 1.45. The molecule has 1 aromatic rings. The first kappa shape index (κ1) is 17.0. The van der Waals surface area contributed by atoms with E-state index in [9.17, 15) is 9.59 Å². The maximum absolute atomic E-state index is 12.7. The lowest BCUT2D eigenvalue weighted by atomic mass is 10.1. The van der Waals surface area contributed by atoms with Crippen LogP contribution in [0.2, 0.25) is 0 Å². The first-order valence-electron chi connectivity index (χ1n) is 8.82. The molecular weight excluding hydrogens is 302 g/mol. The summed E-state index contributed by atoms with van der Waals surface area (Å²) in [6, 6.07) is 10.3. The molecule has 2 unspecified atom stereocenters. The molecule has 130 valence electrons. The van der Waals surface area contributed by atoms with Crippen molar-refractivity contribution in [3.63, 3.8) is 0 Å². The second-order valence-electron chi connectivity index (χ2n) is 7.12. The van der Waals surface area contributed by atoms with Crippen LogP contribution in [-0.4, -0.2) is 73.3 Å². The molecule has 1 saturated heterocycles. The second-order valence-corrected chi connectivity index (χ2v) is 7.12. The van der Waals surface area contributed by atoms with E-state index in [4.69, 9.17) is 0 Å². The number of carbonyl (C=O) groups is 2. The highest BCUT2D eigenvalue weighted by atomic mass is 16.2. The van der Waals surface area contributed by atoms with Gasteiger partial charge in [0, 0.05) is 45.1 Å². The lowest BCUT2D eigenvalue weighted by Crippen LogP contribution is -2.51. The first-order chi connectivity index (χ1) is 11.6. The molecule has 1 aromatic carbocycles. The Kier molecular flexibility index (Phi) is 5.19. The molecule has 24 heavy (non-hydrogen) atoms. The number of nitrogens with zero attached hydrogens (tertiary/aromatic N) is 3. The lowest BCUT2D eigenvalue weighted by molar-refractivity contribution is -0.140. The van der Waals surface area contributed by atoms with Crippen molar-refractivity contribution in [3.05, 3.63) is 35.9 Å². The summed E-state index contributed by atoms with van der Waals surface area (Å²) in [6.07, 6.45) is 1.52. The number of hydrogen-bond acceptors (Lipinski definition) is 3. The zero-order valence-electron chi connectivity index (χ0n) is 14.6. The molecule has 2 atom stereocenters. The summed E-state index contributed by atoms with van der Waals surface area (Å²) in [4.78, 5) is 30.7. The average molecular weight is 329 g/mol. The molecule has 1 heterocycles. The monoisotopic (exact) mass is 329 g/mol. The molecule has 0 spiro atoms. The fourth-order valence-electron chi connectivity index (χ4n) is 3.42. The molecule has 5 nitrogen and oxygen atoms in total. The normalized spacial score (nSPS) is 23.5. The van der Waals surface area contributed by atoms with Crippen LogP contribution in [0.15, 0.2) is 30.3 Å². The molecule has 2 amide bonds. The predicted octanol–water partition coefficient (Wildman–Crippen LogP) is 1.41. The van der Waals surface area contributed by atoms with Gasteiger partial charge in [-0.05, 0) is 32.0 Å².